The van der Waals surface area contributed by atoms with Crippen LogP contribution in [0.1, 0.15) is 12.5 Å². The van der Waals surface area contributed by atoms with Gasteiger partial charge in [0.1, 0.15) is 0 Å². The number of carboxylic acids is 1. The fourth-order valence-electron chi connectivity index (χ4n) is 1.40. The minimum Gasteiger partial charge on any atom is -0.481 e. The molecule has 0 bridgehead atoms. The molecule has 0 aliphatic heterocycles. The van der Waals surface area contributed by atoms with Gasteiger partial charge < -0.3 is 25.6 Å². The van der Waals surface area contributed by atoms with Gasteiger partial charge in [0, 0.05) is 18.8 Å². The van der Waals surface area contributed by atoms with Crippen molar-refractivity contribution < 1.29 is 24.5 Å². The zero-order valence-electron chi connectivity index (χ0n) is 11.2. The molecule has 0 fully saturated rings. The van der Waals surface area contributed by atoms with Gasteiger partial charge in [-0.15, -0.1) is 0 Å². The van der Waals surface area contributed by atoms with Crippen LogP contribution in [0.5, 0.6) is 5.88 Å². The number of hydrogen-bond acceptors (Lipinski definition) is 5. The fraction of sp³-hybridized carbons (Fsp3) is 0.417. The van der Waals surface area contributed by atoms with Crippen LogP contribution in [-0.2, 0) is 11.3 Å². The van der Waals surface area contributed by atoms with Crippen molar-refractivity contribution in [2.45, 2.75) is 25.6 Å². The number of pyridine rings is 1. The van der Waals surface area contributed by atoms with Gasteiger partial charge in [0.05, 0.1) is 13.2 Å². The molecule has 0 unspecified atom stereocenters. The van der Waals surface area contributed by atoms with Gasteiger partial charge in [0.25, 0.3) is 0 Å². The van der Waals surface area contributed by atoms with Crippen LogP contribution in [0.3, 0.4) is 0 Å². The number of carbonyl (C=O) groups excluding carboxylic acids is 1. The van der Waals surface area contributed by atoms with Crippen LogP contribution in [0.4, 0.5) is 4.79 Å². The van der Waals surface area contributed by atoms with Crippen molar-refractivity contribution >= 4 is 12.0 Å². The minimum absolute atomic E-state index is 0.176. The zero-order valence-corrected chi connectivity index (χ0v) is 11.2. The second-order valence-electron chi connectivity index (χ2n) is 4.09. The van der Waals surface area contributed by atoms with E-state index in [9.17, 15) is 14.7 Å². The second kappa shape index (κ2) is 7.29. The van der Waals surface area contributed by atoms with E-state index in [1.165, 1.54) is 20.2 Å². The number of ether oxygens (including phenoxy) is 1. The summed E-state index contributed by atoms with van der Waals surface area (Å²) in [7, 11) is 1.50. The molecule has 4 N–H and O–H groups in total. The van der Waals surface area contributed by atoms with Crippen LogP contribution in [0.2, 0.25) is 0 Å². The highest BCUT2D eigenvalue weighted by molar-refractivity contribution is 5.82. The number of urea groups is 1. The fourth-order valence-corrected chi connectivity index (χ4v) is 1.40. The molecule has 1 heterocycles. The average Bonchev–Trinajstić information content (AvgIpc) is 2.42. The summed E-state index contributed by atoms with van der Waals surface area (Å²) >= 11 is 0. The number of nitrogens with one attached hydrogen (secondary N) is 2. The van der Waals surface area contributed by atoms with Crippen LogP contribution in [0.25, 0.3) is 0 Å². The van der Waals surface area contributed by atoms with Crippen LogP contribution >= 0.6 is 0 Å². The molecule has 8 nitrogen and oxygen atoms in total. The van der Waals surface area contributed by atoms with Crippen LogP contribution in [0, 0.1) is 0 Å². The Kier molecular flexibility index (Phi) is 5.73. The number of amides is 2. The molecule has 0 aliphatic rings. The molecule has 1 aromatic heterocycles. The maximum atomic E-state index is 11.5. The Bertz CT molecular complexity index is 461. The first kappa shape index (κ1) is 15.7. The molecule has 2 amide bonds. The number of aromatic nitrogens is 1. The van der Waals surface area contributed by atoms with Crippen molar-refractivity contribution in [3.8, 4) is 5.88 Å². The average molecular weight is 283 g/mol. The molecule has 0 spiro atoms. The predicted octanol–water partition coefficient (Wildman–Crippen LogP) is -0.277. The molecule has 0 aromatic carbocycles. The molecule has 1 aromatic rings. The molecular formula is C12H17N3O5. The van der Waals surface area contributed by atoms with Gasteiger partial charge >= 0.3 is 12.0 Å². The van der Waals surface area contributed by atoms with Crippen molar-refractivity contribution in [2.24, 2.45) is 0 Å². The quantitative estimate of drug-likeness (QED) is 0.570. The topological polar surface area (TPSA) is 121 Å². The standard InChI is InChI=1S/C12H17N3O5/c1-7(16)10(11(17)18)15-12(19)14-6-8-3-4-9(20-2)13-5-8/h3-5,7,10,16H,6H2,1-2H3,(H,17,18)(H2,14,15,19)/t7-,10+/m1/s1. The summed E-state index contributed by atoms with van der Waals surface area (Å²) in [5.74, 6) is -0.848. The van der Waals surface area contributed by atoms with Gasteiger partial charge in [-0.05, 0) is 12.5 Å². The minimum atomic E-state index is -1.36. The monoisotopic (exact) mass is 283 g/mol. The molecule has 110 valence electrons. The van der Waals surface area contributed by atoms with Gasteiger partial charge in [-0.3, -0.25) is 0 Å². The molecule has 20 heavy (non-hydrogen) atoms. The number of carbonyl (C=O) groups is 2. The number of aliphatic carboxylic acids is 1. The lowest BCUT2D eigenvalue weighted by molar-refractivity contribution is -0.141. The Balaban J connectivity index is 2.47. The summed E-state index contributed by atoms with van der Waals surface area (Å²) in [5, 5.41) is 22.7. The number of methoxy groups -OCH3 is 1. The third kappa shape index (κ3) is 4.73. The Morgan fingerprint density at radius 2 is 2.15 bits per heavy atom. The number of nitrogens with zero attached hydrogens (tertiary/aromatic N) is 1. The normalized spacial score (nSPS) is 13.2. The number of aliphatic hydroxyl groups excluding tert-OH is 1. The highest BCUT2D eigenvalue weighted by Gasteiger charge is 2.24. The van der Waals surface area contributed by atoms with Gasteiger partial charge in [-0.1, -0.05) is 6.07 Å². The summed E-state index contributed by atoms with van der Waals surface area (Å²) in [6.07, 6.45) is 0.337. The predicted molar refractivity (Wildman–Crippen MR) is 69.3 cm³/mol. The SMILES string of the molecule is COc1ccc(CNC(=O)N[C@H](C(=O)O)[C@@H](C)O)cn1. The van der Waals surface area contributed by atoms with E-state index in [0.29, 0.717) is 5.88 Å². The first-order chi connectivity index (χ1) is 9.43. The Morgan fingerprint density at radius 3 is 2.60 bits per heavy atom. The van der Waals surface area contributed by atoms with E-state index in [-0.39, 0.29) is 6.54 Å². The molecule has 1 rings (SSSR count). The van der Waals surface area contributed by atoms with Crippen molar-refractivity contribution in [3.05, 3.63) is 23.9 Å². The Labute approximate surface area is 115 Å². The highest BCUT2D eigenvalue weighted by Crippen LogP contribution is 2.06. The van der Waals surface area contributed by atoms with E-state index < -0.39 is 24.1 Å². The number of aliphatic hydroxyl groups is 1. The molecule has 0 saturated heterocycles. The largest absolute Gasteiger partial charge is 0.481 e. The molecule has 2 atom stereocenters. The van der Waals surface area contributed by atoms with E-state index in [0.717, 1.165) is 5.56 Å². The van der Waals surface area contributed by atoms with Crippen molar-refractivity contribution in [2.75, 3.05) is 7.11 Å². The van der Waals surface area contributed by atoms with Gasteiger partial charge in [-0.2, -0.15) is 0 Å². The first-order valence-corrected chi connectivity index (χ1v) is 5.88. The van der Waals surface area contributed by atoms with Crippen molar-refractivity contribution in [1.82, 2.24) is 15.6 Å². The molecule has 0 radical (unpaired) electrons. The maximum absolute atomic E-state index is 11.5. The molecular weight excluding hydrogens is 266 g/mol. The summed E-state index contributed by atoms with van der Waals surface area (Å²) in [4.78, 5) is 26.3. The van der Waals surface area contributed by atoms with Crippen molar-refractivity contribution in [1.29, 1.82) is 0 Å². The van der Waals surface area contributed by atoms with Crippen molar-refractivity contribution in [3.63, 3.8) is 0 Å². The van der Waals surface area contributed by atoms with Crippen LogP contribution in [0.15, 0.2) is 18.3 Å². The van der Waals surface area contributed by atoms with E-state index in [1.807, 2.05) is 0 Å². The number of hydrogen-bond donors (Lipinski definition) is 4. The van der Waals surface area contributed by atoms with Crippen LogP contribution in [-0.4, -0.2) is 46.5 Å². The summed E-state index contributed by atoms with van der Waals surface area (Å²) in [6, 6.07) is 1.32. The van der Waals surface area contributed by atoms with Gasteiger partial charge in [-0.25, -0.2) is 14.6 Å². The summed E-state index contributed by atoms with van der Waals surface area (Å²) in [5.41, 5.74) is 0.727. The number of carboxylic acid groups (broad SMARTS) is 1. The van der Waals surface area contributed by atoms with Gasteiger partial charge in [0.15, 0.2) is 6.04 Å². The smallest absolute Gasteiger partial charge is 0.328 e. The summed E-state index contributed by atoms with van der Waals surface area (Å²) < 4.78 is 4.90. The highest BCUT2D eigenvalue weighted by atomic mass is 16.5. The lowest BCUT2D eigenvalue weighted by Crippen LogP contribution is -2.50. The van der Waals surface area contributed by atoms with E-state index in [1.54, 1.807) is 12.1 Å². The Hall–Kier alpha value is -2.35. The molecule has 8 heteroatoms. The van der Waals surface area contributed by atoms with E-state index in [4.69, 9.17) is 9.84 Å². The second-order valence-corrected chi connectivity index (χ2v) is 4.09. The maximum Gasteiger partial charge on any atom is 0.328 e. The lowest BCUT2D eigenvalue weighted by Gasteiger charge is -2.17. The summed E-state index contributed by atoms with van der Waals surface area (Å²) in [6.45, 7) is 1.46. The third-order valence-corrected chi connectivity index (χ3v) is 2.49. The van der Waals surface area contributed by atoms with E-state index in [2.05, 4.69) is 15.6 Å². The van der Waals surface area contributed by atoms with Gasteiger partial charge in [0.2, 0.25) is 5.88 Å². The van der Waals surface area contributed by atoms with Crippen LogP contribution < -0.4 is 15.4 Å². The molecule has 0 saturated carbocycles. The van der Waals surface area contributed by atoms with E-state index >= 15 is 0 Å². The zero-order chi connectivity index (χ0) is 15.1. The number of rotatable bonds is 6. The first-order valence-electron chi connectivity index (χ1n) is 5.88. The lowest BCUT2D eigenvalue weighted by atomic mass is 10.2. The molecule has 0 aliphatic carbocycles. The Morgan fingerprint density at radius 1 is 1.45 bits per heavy atom. The third-order valence-electron chi connectivity index (χ3n) is 2.49.